The van der Waals surface area contributed by atoms with Crippen LogP contribution in [0.5, 0.6) is 17.2 Å². The van der Waals surface area contributed by atoms with Crippen molar-refractivity contribution in [2.24, 2.45) is 5.41 Å². The number of amides is 3. The Morgan fingerprint density at radius 2 is 1.69 bits per heavy atom. The molecule has 51 heavy (non-hydrogen) atoms. The second-order valence-corrected chi connectivity index (χ2v) is 15.7. The third kappa shape index (κ3) is 12.2. The number of hydrazine groups is 1. The van der Waals surface area contributed by atoms with E-state index in [9.17, 15) is 27.9 Å². The zero-order chi connectivity index (χ0) is 37.4. The SMILES string of the molecule is CC(=O)N(CCC(C)(C)CC1Oc2ccc(S(=O)(=O)NC[C@@H](O)[C@H](Cc3ccccc3)NC(=O)Oc3ccoc3)cc2O1)NC(=O)OC(C)(C)C. The molecule has 0 aliphatic carbocycles. The summed E-state index contributed by atoms with van der Waals surface area (Å²) in [7, 11) is -4.14. The van der Waals surface area contributed by atoms with E-state index in [2.05, 4.69) is 15.5 Å². The van der Waals surface area contributed by atoms with Crippen LogP contribution in [-0.2, 0) is 26.0 Å². The molecule has 2 heterocycles. The molecule has 1 aliphatic heterocycles. The van der Waals surface area contributed by atoms with E-state index in [0.29, 0.717) is 18.6 Å². The highest BCUT2D eigenvalue weighted by atomic mass is 32.2. The van der Waals surface area contributed by atoms with E-state index in [4.69, 9.17) is 23.4 Å². The summed E-state index contributed by atoms with van der Waals surface area (Å²) in [6.45, 7) is 10.2. The molecule has 2 aromatic carbocycles. The fourth-order valence-electron chi connectivity index (χ4n) is 5.08. The highest BCUT2D eigenvalue weighted by molar-refractivity contribution is 7.89. The van der Waals surface area contributed by atoms with Gasteiger partial charge in [-0.2, -0.15) is 0 Å². The van der Waals surface area contributed by atoms with Gasteiger partial charge in [0.15, 0.2) is 17.2 Å². The summed E-state index contributed by atoms with van der Waals surface area (Å²) in [5, 5.41) is 14.8. The minimum Gasteiger partial charge on any atom is -0.469 e. The molecule has 0 saturated heterocycles. The van der Waals surface area contributed by atoms with Gasteiger partial charge in [-0.15, -0.1) is 0 Å². The molecule has 3 amide bonds. The van der Waals surface area contributed by atoms with Gasteiger partial charge in [-0.3, -0.25) is 9.80 Å². The van der Waals surface area contributed by atoms with Crippen molar-refractivity contribution in [2.75, 3.05) is 13.1 Å². The van der Waals surface area contributed by atoms with E-state index >= 15 is 0 Å². The van der Waals surface area contributed by atoms with Gasteiger partial charge in [-0.1, -0.05) is 44.2 Å². The molecule has 15 nitrogen and oxygen atoms in total. The number of carbonyl (C=O) groups is 3. The minimum atomic E-state index is -4.14. The smallest absolute Gasteiger partial charge is 0.426 e. The predicted octanol–water partition coefficient (Wildman–Crippen LogP) is 4.51. The first-order valence-corrected chi connectivity index (χ1v) is 17.8. The van der Waals surface area contributed by atoms with Crippen LogP contribution in [0.2, 0.25) is 0 Å². The molecule has 0 saturated carbocycles. The van der Waals surface area contributed by atoms with Crippen LogP contribution in [0.3, 0.4) is 0 Å². The van der Waals surface area contributed by atoms with Crippen LogP contribution in [0.1, 0.15) is 59.9 Å². The number of nitrogens with one attached hydrogen (secondary N) is 3. The van der Waals surface area contributed by atoms with Gasteiger partial charge in [-0.05, 0) is 56.7 Å². The van der Waals surface area contributed by atoms with Gasteiger partial charge in [0, 0.05) is 38.6 Å². The van der Waals surface area contributed by atoms with Crippen LogP contribution >= 0.6 is 0 Å². The molecular weight excluding hydrogens is 684 g/mol. The van der Waals surface area contributed by atoms with E-state index in [1.54, 1.807) is 20.8 Å². The molecule has 1 aromatic heterocycles. The molecule has 3 aromatic rings. The van der Waals surface area contributed by atoms with Crippen molar-refractivity contribution in [3.8, 4) is 17.2 Å². The molecular formula is C35H46N4O11S. The Balaban J connectivity index is 1.33. The van der Waals surface area contributed by atoms with Gasteiger partial charge in [0.05, 0.1) is 23.3 Å². The molecule has 16 heteroatoms. The Labute approximate surface area is 297 Å². The largest absolute Gasteiger partial charge is 0.469 e. The first kappa shape index (κ1) is 39.0. The molecule has 278 valence electrons. The van der Waals surface area contributed by atoms with Gasteiger partial charge in [-0.25, -0.2) is 28.2 Å². The van der Waals surface area contributed by atoms with E-state index in [1.807, 2.05) is 44.2 Å². The first-order chi connectivity index (χ1) is 23.9. The van der Waals surface area contributed by atoms with Crippen molar-refractivity contribution in [3.05, 3.63) is 72.7 Å². The average molecular weight is 731 g/mol. The van der Waals surface area contributed by atoms with E-state index in [-0.39, 0.29) is 35.3 Å². The summed E-state index contributed by atoms with van der Waals surface area (Å²) in [5.41, 5.74) is 2.12. The fourth-order valence-corrected chi connectivity index (χ4v) is 6.14. The summed E-state index contributed by atoms with van der Waals surface area (Å²) in [6.07, 6.45) is -0.0394. The molecule has 0 spiro atoms. The number of hydrogen-bond donors (Lipinski definition) is 4. The van der Waals surface area contributed by atoms with Gasteiger partial charge >= 0.3 is 12.2 Å². The molecule has 0 bridgehead atoms. The molecule has 0 radical (unpaired) electrons. The maximum Gasteiger partial charge on any atom is 0.426 e. The van der Waals surface area contributed by atoms with Crippen molar-refractivity contribution >= 4 is 28.1 Å². The van der Waals surface area contributed by atoms with Crippen LogP contribution in [-0.4, -0.2) is 73.8 Å². The normalized spacial score (nSPS) is 15.4. The number of carbonyl (C=O) groups excluding carboxylic acids is 3. The highest BCUT2D eigenvalue weighted by Crippen LogP contribution is 2.40. The topological polar surface area (TPSA) is 195 Å². The molecule has 1 unspecified atom stereocenters. The third-order valence-electron chi connectivity index (χ3n) is 7.73. The number of ether oxygens (including phenoxy) is 4. The second-order valence-electron chi connectivity index (χ2n) is 13.9. The quantitative estimate of drug-likeness (QED) is 0.171. The van der Waals surface area contributed by atoms with Crippen molar-refractivity contribution in [1.29, 1.82) is 0 Å². The second kappa shape index (κ2) is 16.5. The van der Waals surface area contributed by atoms with Crippen molar-refractivity contribution in [3.63, 3.8) is 0 Å². The van der Waals surface area contributed by atoms with Gasteiger partial charge in [0.25, 0.3) is 0 Å². The molecule has 4 rings (SSSR count). The first-order valence-electron chi connectivity index (χ1n) is 16.4. The summed E-state index contributed by atoms with van der Waals surface area (Å²) in [4.78, 5) is 36.8. The molecule has 3 atom stereocenters. The Morgan fingerprint density at radius 1 is 0.980 bits per heavy atom. The number of sulfonamides is 1. The number of furan rings is 1. The van der Waals surface area contributed by atoms with E-state index in [1.165, 1.54) is 48.7 Å². The Hall–Kier alpha value is -4.80. The van der Waals surface area contributed by atoms with Crippen molar-refractivity contribution in [1.82, 2.24) is 20.5 Å². The number of hydrogen-bond acceptors (Lipinski definition) is 11. The molecule has 4 N–H and O–H groups in total. The number of rotatable bonds is 14. The zero-order valence-electron chi connectivity index (χ0n) is 29.5. The van der Waals surface area contributed by atoms with Crippen molar-refractivity contribution in [2.45, 2.75) is 89.7 Å². The summed E-state index contributed by atoms with van der Waals surface area (Å²) < 4.78 is 56.3. The maximum absolute atomic E-state index is 13.3. The lowest BCUT2D eigenvalue weighted by atomic mass is 9.85. The molecule has 1 aliphatic rings. The summed E-state index contributed by atoms with van der Waals surface area (Å²) in [5.74, 6) is 0.391. The Kier molecular flexibility index (Phi) is 12.6. The maximum atomic E-state index is 13.3. The number of benzene rings is 2. The van der Waals surface area contributed by atoms with Crippen LogP contribution in [0, 0.1) is 5.41 Å². The van der Waals surface area contributed by atoms with Crippen LogP contribution in [0.4, 0.5) is 9.59 Å². The number of fused-ring (bicyclic) bond motifs is 1. The standard InChI is InChI=1S/C35H46N4O11S/c1-23(40)39(38-33(43)50-34(2,3)4)16-15-35(5,6)20-31-48-29-13-12-26(19-30(29)49-31)51(44,45)36-21-28(41)27(18-24-10-8-7-9-11-24)37-32(42)47-25-14-17-46-22-25/h7-14,17,19,22,27-28,31,36,41H,15-16,18,20-21H2,1-6H3,(H,37,42)(H,38,43)/t27-,28+,31?/m0/s1. The van der Waals surface area contributed by atoms with E-state index < -0.39 is 58.2 Å². The fraction of sp³-hybridized carbons (Fsp3) is 0.457. The van der Waals surface area contributed by atoms with Crippen LogP contribution < -0.4 is 29.7 Å². The van der Waals surface area contributed by atoms with Gasteiger partial charge < -0.3 is 33.8 Å². The highest BCUT2D eigenvalue weighted by Gasteiger charge is 2.33. The minimum absolute atomic E-state index is 0.116. The zero-order valence-corrected chi connectivity index (χ0v) is 30.3. The lowest BCUT2D eigenvalue weighted by molar-refractivity contribution is -0.132. The van der Waals surface area contributed by atoms with Crippen LogP contribution in [0.15, 0.2) is 76.4 Å². The van der Waals surface area contributed by atoms with E-state index in [0.717, 1.165) is 5.56 Å². The average Bonchev–Trinajstić information content (AvgIpc) is 3.69. The monoisotopic (exact) mass is 730 g/mol. The Bertz CT molecular complexity index is 1740. The Morgan fingerprint density at radius 3 is 2.33 bits per heavy atom. The number of aliphatic hydroxyl groups excluding tert-OH is 1. The lowest BCUT2D eigenvalue weighted by Crippen LogP contribution is -2.50. The summed E-state index contributed by atoms with van der Waals surface area (Å²) in [6, 6.07) is 13.8. The number of aliphatic hydroxyl groups is 1. The van der Waals surface area contributed by atoms with Gasteiger partial charge in [0.2, 0.25) is 22.2 Å². The third-order valence-corrected chi connectivity index (χ3v) is 9.15. The van der Waals surface area contributed by atoms with Gasteiger partial charge in [0.1, 0.15) is 11.9 Å². The number of nitrogens with zero attached hydrogens (tertiary/aromatic N) is 1. The summed E-state index contributed by atoms with van der Waals surface area (Å²) >= 11 is 0. The van der Waals surface area contributed by atoms with Crippen LogP contribution in [0.25, 0.3) is 0 Å². The lowest BCUT2D eigenvalue weighted by Gasteiger charge is -2.31. The van der Waals surface area contributed by atoms with Crippen molar-refractivity contribution < 1.29 is 51.3 Å². The predicted molar refractivity (Wildman–Crippen MR) is 184 cm³/mol. The molecule has 0 fully saturated rings.